The molecular formula is C19H30ClN3O3. The van der Waals surface area contributed by atoms with Crippen molar-refractivity contribution in [3.8, 4) is 11.5 Å². The second-order valence-corrected chi connectivity index (χ2v) is 6.90. The Kier molecular flexibility index (Phi) is 7.85. The summed E-state index contributed by atoms with van der Waals surface area (Å²) in [5.74, 6) is 1.95. The maximum atomic E-state index is 6.33. The Balaban J connectivity index is 2.07. The second-order valence-electron chi connectivity index (χ2n) is 6.49. The van der Waals surface area contributed by atoms with Crippen molar-refractivity contribution in [1.82, 2.24) is 10.6 Å². The predicted molar refractivity (Wildman–Crippen MR) is 106 cm³/mol. The molecule has 1 heterocycles. The lowest BCUT2D eigenvalue weighted by atomic mass is 10.0. The molecule has 1 aromatic rings. The van der Waals surface area contributed by atoms with Gasteiger partial charge in [0.25, 0.3) is 0 Å². The highest BCUT2D eigenvalue weighted by Gasteiger charge is 2.29. The molecule has 0 aromatic heterocycles. The minimum atomic E-state index is -0.123. The molecule has 0 bridgehead atoms. The summed E-state index contributed by atoms with van der Waals surface area (Å²) in [5, 5.41) is 7.17. The summed E-state index contributed by atoms with van der Waals surface area (Å²) in [6.45, 7) is 9.45. The highest BCUT2D eigenvalue weighted by molar-refractivity contribution is 6.32. The average Bonchev–Trinajstić information content (AvgIpc) is 3.06. The van der Waals surface area contributed by atoms with Gasteiger partial charge in [-0.1, -0.05) is 11.6 Å². The van der Waals surface area contributed by atoms with Gasteiger partial charge in [0.05, 0.1) is 30.9 Å². The SMILES string of the molecule is CCNC(=NCc1cc(Cl)c(OCC)c(OC)c1)NCC1(C)CCCO1. The molecule has 0 aliphatic carbocycles. The van der Waals surface area contributed by atoms with Gasteiger partial charge in [-0.2, -0.15) is 0 Å². The van der Waals surface area contributed by atoms with Gasteiger partial charge in [-0.15, -0.1) is 0 Å². The largest absolute Gasteiger partial charge is 0.493 e. The molecule has 1 saturated heterocycles. The van der Waals surface area contributed by atoms with Gasteiger partial charge in [-0.3, -0.25) is 0 Å². The van der Waals surface area contributed by atoms with Crippen LogP contribution >= 0.6 is 11.6 Å². The van der Waals surface area contributed by atoms with Crippen LogP contribution in [0.25, 0.3) is 0 Å². The molecule has 1 fully saturated rings. The lowest BCUT2D eigenvalue weighted by Crippen LogP contribution is -2.45. The average molecular weight is 384 g/mol. The standard InChI is InChI=1S/C19H30ClN3O3/c1-5-21-18(23-13-19(3)8-7-9-26-19)22-12-14-10-15(20)17(25-6-2)16(11-14)24-4/h10-11H,5-9,12-13H2,1-4H3,(H2,21,22,23). The number of methoxy groups -OCH3 is 1. The first kappa shape index (κ1) is 20.6. The lowest BCUT2D eigenvalue weighted by molar-refractivity contribution is 0.0243. The van der Waals surface area contributed by atoms with Crippen LogP contribution in [-0.4, -0.2) is 45.0 Å². The van der Waals surface area contributed by atoms with E-state index in [0.717, 1.165) is 44.1 Å². The first-order valence-corrected chi connectivity index (χ1v) is 9.54. The molecule has 1 aliphatic heterocycles. The van der Waals surface area contributed by atoms with E-state index in [2.05, 4.69) is 22.5 Å². The molecule has 146 valence electrons. The van der Waals surface area contributed by atoms with E-state index in [4.69, 9.17) is 25.8 Å². The van der Waals surface area contributed by atoms with Crippen LogP contribution in [0.3, 0.4) is 0 Å². The molecule has 1 aliphatic rings. The second kappa shape index (κ2) is 9.88. The maximum absolute atomic E-state index is 6.33. The number of rotatable bonds is 8. The fourth-order valence-corrected chi connectivity index (χ4v) is 3.20. The number of nitrogens with zero attached hydrogens (tertiary/aromatic N) is 1. The molecule has 1 unspecified atom stereocenters. The van der Waals surface area contributed by atoms with Gasteiger partial charge >= 0.3 is 0 Å². The van der Waals surface area contributed by atoms with E-state index in [1.807, 2.05) is 26.0 Å². The zero-order valence-electron chi connectivity index (χ0n) is 16.2. The van der Waals surface area contributed by atoms with Crippen molar-refractivity contribution in [2.24, 2.45) is 4.99 Å². The Bertz CT molecular complexity index is 616. The molecule has 0 radical (unpaired) electrons. The number of aliphatic imine (C=N–C) groups is 1. The Morgan fingerprint density at radius 2 is 2.15 bits per heavy atom. The molecule has 26 heavy (non-hydrogen) atoms. The summed E-state index contributed by atoms with van der Waals surface area (Å²) in [7, 11) is 1.61. The predicted octanol–water partition coefficient (Wildman–Crippen LogP) is 3.37. The molecular weight excluding hydrogens is 354 g/mol. The van der Waals surface area contributed by atoms with Crippen molar-refractivity contribution in [3.63, 3.8) is 0 Å². The zero-order chi connectivity index (χ0) is 19.0. The molecule has 2 rings (SSSR count). The summed E-state index contributed by atoms with van der Waals surface area (Å²) in [6, 6.07) is 3.77. The maximum Gasteiger partial charge on any atom is 0.191 e. The third-order valence-corrected chi connectivity index (χ3v) is 4.55. The molecule has 0 spiro atoms. The number of ether oxygens (including phenoxy) is 3. The first-order valence-electron chi connectivity index (χ1n) is 9.16. The third-order valence-electron chi connectivity index (χ3n) is 4.27. The van der Waals surface area contributed by atoms with Gasteiger partial charge in [0, 0.05) is 19.7 Å². The molecule has 1 atom stereocenters. The summed E-state index contributed by atoms with van der Waals surface area (Å²) >= 11 is 6.33. The number of guanidine groups is 1. The van der Waals surface area contributed by atoms with E-state index >= 15 is 0 Å². The Labute approximate surface area is 161 Å². The van der Waals surface area contributed by atoms with E-state index in [1.54, 1.807) is 7.11 Å². The normalized spacial score (nSPS) is 20.1. The van der Waals surface area contributed by atoms with Crippen LogP contribution in [-0.2, 0) is 11.3 Å². The highest BCUT2D eigenvalue weighted by Crippen LogP contribution is 2.36. The fourth-order valence-electron chi connectivity index (χ4n) is 2.91. The number of benzene rings is 1. The van der Waals surface area contributed by atoms with Crippen molar-refractivity contribution in [3.05, 3.63) is 22.7 Å². The number of hydrogen-bond acceptors (Lipinski definition) is 4. The molecule has 2 N–H and O–H groups in total. The number of hydrogen-bond donors (Lipinski definition) is 2. The van der Waals surface area contributed by atoms with Crippen LogP contribution < -0.4 is 20.1 Å². The Hall–Kier alpha value is -1.66. The lowest BCUT2D eigenvalue weighted by Gasteiger charge is -2.24. The highest BCUT2D eigenvalue weighted by atomic mass is 35.5. The molecule has 6 nitrogen and oxygen atoms in total. The van der Waals surface area contributed by atoms with Gasteiger partial charge < -0.3 is 24.8 Å². The quantitative estimate of drug-likeness (QED) is 0.532. The minimum Gasteiger partial charge on any atom is -0.493 e. The van der Waals surface area contributed by atoms with Crippen molar-refractivity contribution >= 4 is 17.6 Å². The van der Waals surface area contributed by atoms with Crippen LogP contribution in [0.4, 0.5) is 0 Å². The molecule has 0 amide bonds. The Morgan fingerprint density at radius 1 is 1.35 bits per heavy atom. The number of nitrogens with one attached hydrogen (secondary N) is 2. The fraction of sp³-hybridized carbons (Fsp3) is 0.632. The van der Waals surface area contributed by atoms with Crippen LogP contribution in [0, 0.1) is 0 Å². The van der Waals surface area contributed by atoms with Crippen LogP contribution in [0.15, 0.2) is 17.1 Å². The van der Waals surface area contributed by atoms with E-state index < -0.39 is 0 Å². The smallest absolute Gasteiger partial charge is 0.191 e. The van der Waals surface area contributed by atoms with Gasteiger partial charge in [-0.05, 0) is 51.3 Å². The third kappa shape index (κ3) is 5.68. The summed E-state index contributed by atoms with van der Waals surface area (Å²) in [5.41, 5.74) is 0.831. The molecule has 7 heteroatoms. The summed E-state index contributed by atoms with van der Waals surface area (Å²) in [4.78, 5) is 4.65. The van der Waals surface area contributed by atoms with Crippen molar-refractivity contribution in [2.45, 2.75) is 45.8 Å². The molecule has 0 saturated carbocycles. The van der Waals surface area contributed by atoms with E-state index in [1.165, 1.54) is 0 Å². The van der Waals surface area contributed by atoms with Crippen molar-refractivity contribution in [2.75, 3.05) is 33.4 Å². The summed E-state index contributed by atoms with van der Waals surface area (Å²) < 4.78 is 16.8. The van der Waals surface area contributed by atoms with Crippen LogP contribution in [0.1, 0.15) is 39.2 Å². The van der Waals surface area contributed by atoms with E-state index in [-0.39, 0.29) is 5.60 Å². The minimum absolute atomic E-state index is 0.123. The summed E-state index contributed by atoms with van der Waals surface area (Å²) in [6.07, 6.45) is 2.17. The zero-order valence-corrected chi connectivity index (χ0v) is 16.9. The first-order chi connectivity index (χ1) is 12.5. The topological polar surface area (TPSA) is 64.1 Å². The molecule has 1 aromatic carbocycles. The Morgan fingerprint density at radius 3 is 2.77 bits per heavy atom. The van der Waals surface area contributed by atoms with E-state index in [9.17, 15) is 0 Å². The van der Waals surface area contributed by atoms with Crippen molar-refractivity contribution in [1.29, 1.82) is 0 Å². The van der Waals surface area contributed by atoms with Gasteiger partial charge in [0.2, 0.25) is 0 Å². The van der Waals surface area contributed by atoms with E-state index in [0.29, 0.717) is 29.7 Å². The van der Waals surface area contributed by atoms with Crippen LogP contribution in [0.5, 0.6) is 11.5 Å². The number of halogens is 1. The van der Waals surface area contributed by atoms with Gasteiger partial charge in [0.1, 0.15) is 0 Å². The van der Waals surface area contributed by atoms with Crippen LogP contribution in [0.2, 0.25) is 5.02 Å². The van der Waals surface area contributed by atoms with Gasteiger partial charge in [-0.25, -0.2) is 4.99 Å². The monoisotopic (exact) mass is 383 g/mol. The van der Waals surface area contributed by atoms with Crippen molar-refractivity contribution < 1.29 is 14.2 Å². The van der Waals surface area contributed by atoms with Gasteiger partial charge in [0.15, 0.2) is 17.5 Å².